The summed E-state index contributed by atoms with van der Waals surface area (Å²) in [7, 11) is 0. The predicted molar refractivity (Wildman–Crippen MR) is 87.4 cm³/mol. The summed E-state index contributed by atoms with van der Waals surface area (Å²) in [5, 5.41) is 3.77. The molecule has 2 rings (SSSR count). The first-order valence-corrected chi connectivity index (χ1v) is 8.29. The molecule has 114 valence electrons. The summed E-state index contributed by atoms with van der Waals surface area (Å²) >= 11 is 1.63. The number of imidazole rings is 1. The first-order valence-electron chi connectivity index (χ1n) is 7.31. The number of hydrogen-bond acceptors (Lipinski definition) is 4. The fourth-order valence-corrected chi connectivity index (χ4v) is 3.12. The van der Waals surface area contributed by atoms with Crippen LogP contribution in [0, 0.1) is 0 Å². The lowest BCUT2D eigenvalue weighted by atomic mass is 10.3. The van der Waals surface area contributed by atoms with E-state index in [1.54, 1.807) is 11.8 Å². The maximum Gasteiger partial charge on any atom is 0.220 e. The minimum absolute atomic E-state index is 0.0473. The summed E-state index contributed by atoms with van der Waals surface area (Å²) in [5.41, 5.74) is 7.54. The molecule has 21 heavy (non-hydrogen) atoms. The van der Waals surface area contributed by atoms with Crippen LogP contribution in [0.25, 0.3) is 11.0 Å². The van der Waals surface area contributed by atoms with Crippen LogP contribution >= 0.6 is 11.8 Å². The van der Waals surface area contributed by atoms with E-state index < -0.39 is 0 Å². The Balaban J connectivity index is 2.01. The van der Waals surface area contributed by atoms with Gasteiger partial charge in [0, 0.05) is 31.8 Å². The number of para-hydroxylation sites is 2. The molecule has 0 saturated heterocycles. The third kappa shape index (κ3) is 4.22. The molecule has 0 saturated carbocycles. The van der Waals surface area contributed by atoms with Crippen LogP contribution in [0.15, 0.2) is 29.4 Å². The molecular weight excluding hydrogens is 284 g/mol. The summed E-state index contributed by atoms with van der Waals surface area (Å²) in [6.07, 6.45) is 1.55. The van der Waals surface area contributed by atoms with Crippen LogP contribution in [0.5, 0.6) is 0 Å². The lowest BCUT2D eigenvalue weighted by molar-refractivity contribution is -0.120. The number of aromatic nitrogens is 2. The fraction of sp³-hybridized carbons (Fsp3) is 0.467. The van der Waals surface area contributed by atoms with Crippen molar-refractivity contribution in [3.05, 3.63) is 24.3 Å². The molecule has 0 aliphatic heterocycles. The van der Waals surface area contributed by atoms with E-state index in [9.17, 15) is 4.79 Å². The molecule has 2 aromatic rings. The van der Waals surface area contributed by atoms with Crippen LogP contribution < -0.4 is 11.1 Å². The van der Waals surface area contributed by atoms with E-state index in [1.165, 1.54) is 0 Å². The average Bonchev–Trinajstić information content (AvgIpc) is 2.84. The van der Waals surface area contributed by atoms with Gasteiger partial charge in [-0.05, 0) is 18.6 Å². The van der Waals surface area contributed by atoms with Crippen molar-refractivity contribution in [3.8, 4) is 0 Å². The number of carbonyl (C=O) groups is 1. The molecule has 1 aromatic carbocycles. The van der Waals surface area contributed by atoms with Gasteiger partial charge in [-0.3, -0.25) is 4.79 Å². The Bertz CT molecular complexity index is 596. The van der Waals surface area contributed by atoms with Crippen LogP contribution in [0.2, 0.25) is 0 Å². The molecule has 0 atom stereocenters. The number of fused-ring (bicyclic) bond motifs is 1. The van der Waals surface area contributed by atoms with E-state index in [4.69, 9.17) is 5.73 Å². The van der Waals surface area contributed by atoms with Gasteiger partial charge in [-0.2, -0.15) is 0 Å². The second-order valence-electron chi connectivity index (χ2n) is 4.77. The Labute approximate surface area is 129 Å². The van der Waals surface area contributed by atoms with Crippen molar-refractivity contribution in [3.63, 3.8) is 0 Å². The molecule has 0 radical (unpaired) electrons. The van der Waals surface area contributed by atoms with Gasteiger partial charge in [0.2, 0.25) is 5.91 Å². The molecule has 0 spiro atoms. The van der Waals surface area contributed by atoms with Crippen LogP contribution in [-0.2, 0) is 11.3 Å². The zero-order valence-corrected chi connectivity index (χ0v) is 13.2. The standard InChI is InChI=1S/C15H22N4OS/c1-2-10-19-13-6-4-3-5-12(13)18-15(19)21-11-7-14(20)17-9-8-16/h3-6H,2,7-11,16H2,1H3,(H,17,20). The van der Waals surface area contributed by atoms with Crippen molar-refractivity contribution in [1.82, 2.24) is 14.9 Å². The number of thioether (sulfide) groups is 1. The normalized spacial score (nSPS) is 11.0. The maximum atomic E-state index is 11.6. The van der Waals surface area contributed by atoms with Crippen molar-refractivity contribution in [2.24, 2.45) is 5.73 Å². The van der Waals surface area contributed by atoms with Crippen LogP contribution in [0.4, 0.5) is 0 Å². The van der Waals surface area contributed by atoms with Gasteiger partial charge in [0.15, 0.2) is 5.16 Å². The summed E-state index contributed by atoms with van der Waals surface area (Å²) in [4.78, 5) is 16.2. The van der Waals surface area contributed by atoms with E-state index in [1.807, 2.05) is 18.2 Å². The molecule has 3 N–H and O–H groups in total. The number of nitrogens with one attached hydrogen (secondary N) is 1. The van der Waals surface area contributed by atoms with Crippen molar-refractivity contribution in [2.45, 2.75) is 31.5 Å². The van der Waals surface area contributed by atoms with E-state index in [0.717, 1.165) is 34.9 Å². The maximum absolute atomic E-state index is 11.6. The highest BCUT2D eigenvalue weighted by Gasteiger charge is 2.10. The lowest BCUT2D eigenvalue weighted by Crippen LogP contribution is -2.29. The number of carbonyl (C=O) groups excluding carboxylic acids is 1. The van der Waals surface area contributed by atoms with Gasteiger partial charge in [0.25, 0.3) is 0 Å². The van der Waals surface area contributed by atoms with E-state index in [0.29, 0.717) is 19.5 Å². The Morgan fingerprint density at radius 2 is 2.24 bits per heavy atom. The fourth-order valence-electron chi connectivity index (χ4n) is 2.14. The monoisotopic (exact) mass is 306 g/mol. The van der Waals surface area contributed by atoms with Gasteiger partial charge in [-0.15, -0.1) is 0 Å². The predicted octanol–water partition coefficient (Wildman–Crippen LogP) is 2.00. The molecule has 0 bridgehead atoms. The summed E-state index contributed by atoms with van der Waals surface area (Å²) in [6, 6.07) is 8.15. The highest BCUT2D eigenvalue weighted by atomic mass is 32.2. The van der Waals surface area contributed by atoms with Gasteiger partial charge >= 0.3 is 0 Å². The molecule has 5 nitrogen and oxygen atoms in total. The SMILES string of the molecule is CCCn1c(SCCC(=O)NCCN)nc2ccccc21. The van der Waals surface area contributed by atoms with Crippen molar-refractivity contribution >= 4 is 28.7 Å². The van der Waals surface area contributed by atoms with Crippen molar-refractivity contribution in [2.75, 3.05) is 18.8 Å². The van der Waals surface area contributed by atoms with Crippen LogP contribution in [0.3, 0.4) is 0 Å². The topological polar surface area (TPSA) is 72.9 Å². The summed E-state index contributed by atoms with van der Waals surface area (Å²) in [5.74, 6) is 0.773. The number of rotatable bonds is 8. The second-order valence-corrected chi connectivity index (χ2v) is 5.83. The molecule has 6 heteroatoms. The van der Waals surface area contributed by atoms with E-state index >= 15 is 0 Å². The number of nitrogens with zero attached hydrogens (tertiary/aromatic N) is 2. The highest BCUT2D eigenvalue weighted by molar-refractivity contribution is 7.99. The number of hydrogen-bond donors (Lipinski definition) is 2. The van der Waals surface area contributed by atoms with E-state index in [-0.39, 0.29) is 5.91 Å². The summed E-state index contributed by atoms with van der Waals surface area (Å²) in [6.45, 7) is 4.12. The van der Waals surface area contributed by atoms with Gasteiger partial charge in [0.1, 0.15) is 0 Å². The quantitative estimate of drug-likeness (QED) is 0.732. The summed E-state index contributed by atoms with van der Waals surface area (Å²) < 4.78 is 2.23. The molecular formula is C15H22N4OS. The molecule has 0 fully saturated rings. The third-order valence-electron chi connectivity index (χ3n) is 3.09. The number of nitrogens with two attached hydrogens (primary N) is 1. The first-order chi connectivity index (χ1) is 10.3. The van der Waals surface area contributed by atoms with Crippen molar-refractivity contribution < 1.29 is 4.79 Å². The minimum atomic E-state index is 0.0473. The Kier molecular flexibility index (Phi) is 6.07. The van der Waals surface area contributed by atoms with Crippen LogP contribution in [0.1, 0.15) is 19.8 Å². The number of benzene rings is 1. The van der Waals surface area contributed by atoms with Gasteiger partial charge in [0.05, 0.1) is 11.0 Å². The molecule has 0 unspecified atom stereocenters. The molecule has 0 aliphatic rings. The van der Waals surface area contributed by atoms with E-state index in [2.05, 4.69) is 27.9 Å². The highest BCUT2D eigenvalue weighted by Crippen LogP contribution is 2.24. The first kappa shape index (κ1) is 15.9. The van der Waals surface area contributed by atoms with Gasteiger partial charge in [-0.25, -0.2) is 4.98 Å². The number of amides is 1. The van der Waals surface area contributed by atoms with Crippen LogP contribution in [-0.4, -0.2) is 34.3 Å². The largest absolute Gasteiger partial charge is 0.355 e. The zero-order valence-electron chi connectivity index (χ0n) is 12.3. The minimum Gasteiger partial charge on any atom is -0.355 e. The molecule has 1 amide bonds. The molecule has 1 heterocycles. The average molecular weight is 306 g/mol. The Hall–Kier alpha value is -1.53. The second kappa shape index (κ2) is 8.05. The third-order valence-corrected chi connectivity index (χ3v) is 4.07. The van der Waals surface area contributed by atoms with Gasteiger partial charge in [-0.1, -0.05) is 30.8 Å². The Morgan fingerprint density at radius 3 is 3.00 bits per heavy atom. The van der Waals surface area contributed by atoms with Crippen molar-refractivity contribution in [1.29, 1.82) is 0 Å². The zero-order chi connectivity index (χ0) is 15.1. The molecule has 0 aliphatic carbocycles. The smallest absolute Gasteiger partial charge is 0.220 e. The number of aryl methyl sites for hydroxylation is 1. The lowest BCUT2D eigenvalue weighted by Gasteiger charge is -2.07. The molecule has 1 aromatic heterocycles. The van der Waals surface area contributed by atoms with Gasteiger partial charge < -0.3 is 15.6 Å². The Morgan fingerprint density at radius 1 is 1.43 bits per heavy atom.